The molecule has 1 aliphatic heterocycles. The van der Waals surface area contributed by atoms with Crippen LogP contribution in [0.25, 0.3) is 11.3 Å². The third kappa shape index (κ3) is 4.46. The minimum atomic E-state index is -0.173. The Labute approximate surface area is 197 Å². The van der Waals surface area contributed by atoms with Gasteiger partial charge in [-0.25, -0.2) is 4.98 Å². The highest BCUT2D eigenvalue weighted by Crippen LogP contribution is 2.29. The number of amides is 1. The predicted molar refractivity (Wildman–Crippen MR) is 124 cm³/mol. The van der Waals surface area contributed by atoms with Gasteiger partial charge in [0.1, 0.15) is 17.2 Å². The fraction of sp³-hybridized carbons (Fsp3) is 0.360. The fourth-order valence-electron chi connectivity index (χ4n) is 4.45. The van der Waals surface area contributed by atoms with Gasteiger partial charge in [-0.2, -0.15) is 5.10 Å². The Morgan fingerprint density at radius 3 is 2.97 bits per heavy atom. The van der Waals surface area contributed by atoms with E-state index in [0.717, 1.165) is 41.2 Å². The van der Waals surface area contributed by atoms with Crippen molar-refractivity contribution in [1.82, 2.24) is 24.8 Å². The van der Waals surface area contributed by atoms with E-state index >= 15 is 0 Å². The number of carbonyl (C=O) groups is 1. The van der Waals surface area contributed by atoms with Crippen LogP contribution in [0.1, 0.15) is 52.2 Å². The number of hydrogen-bond acceptors (Lipinski definition) is 7. The van der Waals surface area contributed by atoms with Crippen LogP contribution < -0.4 is 4.74 Å². The van der Waals surface area contributed by atoms with E-state index in [2.05, 4.69) is 15.2 Å². The molecule has 9 heteroatoms. The quantitative estimate of drug-likeness (QED) is 0.428. The second-order valence-electron chi connectivity index (χ2n) is 8.66. The summed E-state index contributed by atoms with van der Waals surface area (Å²) < 4.78 is 18.5. The number of ether oxygens (including phenoxy) is 1. The second-order valence-corrected chi connectivity index (χ2v) is 8.66. The summed E-state index contributed by atoms with van der Waals surface area (Å²) in [5.41, 5.74) is 3.39. The molecule has 9 nitrogen and oxygen atoms in total. The maximum atomic E-state index is 13.1. The van der Waals surface area contributed by atoms with Gasteiger partial charge in [-0.1, -0.05) is 17.3 Å². The number of benzene rings is 1. The summed E-state index contributed by atoms with van der Waals surface area (Å²) in [7, 11) is 3.50. The zero-order valence-electron chi connectivity index (χ0n) is 19.5. The molecule has 0 radical (unpaired) electrons. The van der Waals surface area contributed by atoms with Crippen LogP contribution in [0.5, 0.6) is 5.75 Å². The van der Waals surface area contributed by atoms with Gasteiger partial charge < -0.3 is 18.6 Å². The zero-order valence-corrected chi connectivity index (χ0v) is 19.5. The summed E-state index contributed by atoms with van der Waals surface area (Å²) in [4.78, 5) is 19.4. The number of carbonyl (C=O) groups excluding carboxylic acids is 1. The zero-order chi connectivity index (χ0) is 23.7. The van der Waals surface area contributed by atoms with Crippen molar-refractivity contribution < 1.29 is 18.5 Å². The van der Waals surface area contributed by atoms with E-state index in [1.165, 1.54) is 0 Å². The highest BCUT2D eigenvalue weighted by molar-refractivity contribution is 5.92. The molecule has 1 amide bonds. The molecule has 1 atom stereocenters. The van der Waals surface area contributed by atoms with E-state index in [0.29, 0.717) is 31.1 Å². The van der Waals surface area contributed by atoms with E-state index in [-0.39, 0.29) is 17.6 Å². The van der Waals surface area contributed by atoms with Crippen LogP contribution in [-0.2, 0) is 13.5 Å². The Morgan fingerprint density at radius 2 is 2.18 bits per heavy atom. The van der Waals surface area contributed by atoms with Gasteiger partial charge in [0, 0.05) is 44.4 Å². The van der Waals surface area contributed by atoms with Crippen molar-refractivity contribution in [3.63, 3.8) is 0 Å². The minimum absolute atomic E-state index is 0.0414. The second kappa shape index (κ2) is 9.17. The fourth-order valence-corrected chi connectivity index (χ4v) is 4.45. The maximum Gasteiger partial charge on any atom is 0.292 e. The molecule has 3 aromatic heterocycles. The normalized spacial score (nSPS) is 16.1. The Balaban J connectivity index is 1.26. The Hall–Kier alpha value is -3.88. The van der Waals surface area contributed by atoms with E-state index in [9.17, 15) is 4.79 Å². The monoisotopic (exact) mass is 461 g/mol. The highest BCUT2D eigenvalue weighted by Gasteiger charge is 2.30. The van der Waals surface area contributed by atoms with Crippen molar-refractivity contribution in [2.45, 2.75) is 32.1 Å². The molecule has 1 fully saturated rings. The number of aromatic nitrogens is 4. The van der Waals surface area contributed by atoms with Crippen LogP contribution >= 0.6 is 0 Å². The van der Waals surface area contributed by atoms with Crippen molar-refractivity contribution >= 4 is 5.91 Å². The van der Waals surface area contributed by atoms with Gasteiger partial charge in [0.2, 0.25) is 5.76 Å². The number of piperidine rings is 1. The smallest absolute Gasteiger partial charge is 0.292 e. The molecule has 1 saturated heterocycles. The third-order valence-electron chi connectivity index (χ3n) is 6.15. The first-order valence-electron chi connectivity index (χ1n) is 11.3. The van der Waals surface area contributed by atoms with Gasteiger partial charge in [-0.3, -0.25) is 9.48 Å². The van der Waals surface area contributed by atoms with Crippen molar-refractivity contribution in [3.05, 3.63) is 71.4 Å². The van der Waals surface area contributed by atoms with E-state index < -0.39 is 0 Å². The average molecular weight is 462 g/mol. The predicted octanol–water partition coefficient (Wildman–Crippen LogP) is 3.99. The molecule has 0 N–H and O–H groups in total. The summed E-state index contributed by atoms with van der Waals surface area (Å²) in [5, 5.41) is 8.42. The molecular formula is C25H27N5O4. The van der Waals surface area contributed by atoms with Gasteiger partial charge in [-0.05, 0) is 37.5 Å². The largest absolute Gasteiger partial charge is 0.497 e. The lowest BCUT2D eigenvalue weighted by atomic mass is 9.98. The number of nitrogens with zero attached hydrogens (tertiary/aromatic N) is 5. The average Bonchev–Trinajstić information content (AvgIpc) is 3.59. The summed E-state index contributed by atoms with van der Waals surface area (Å²) in [5.74, 6) is 2.36. The first kappa shape index (κ1) is 21.9. The minimum Gasteiger partial charge on any atom is -0.497 e. The first-order valence-corrected chi connectivity index (χ1v) is 11.3. The van der Waals surface area contributed by atoms with Crippen LogP contribution in [0.3, 0.4) is 0 Å². The lowest BCUT2D eigenvalue weighted by Crippen LogP contribution is -2.39. The molecule has 0 spiro atoms. The van der Waals surface area contributed by atoms with E-state index in [1.807, 2.05) is 44.4 Å². The highest BCUT2D eigenvalue weighted by atomic mass is 16.5. The maximum absolute atomic E-state index is 13.1. The molecule has 34 heavy (non-hydrogen) atoms. The number of oxazole rings is 1. The number of hydrogen-bond donors (Lipinski definition) is 0. The van der Waals surface area contributed by atoms with Gasteiger partial charge >= 0.3 is 0 Å². The number of aryl methyl sites for hydroxylation is 2. The molecule has 4 aromatic rings. The van der Waals surface area contributed by atoms with Crippen LogP contribution in [0.4, 0.5) is 0 Å². The summed E-state index contributed by atoms with van der Waals surface area (Å²) in [6, 6.07) is 9.58. The molecule has 4 heterocycles. The van der Waals surface area contributed by atoms with Gasteiger partial charge in [-0.15, -0.1) is 0 Å². The van der Waals surface area contributed by atoms with Crippen LogP contribution in [0, 0.1) is 6.92 Å². The Bertz CT molecular complexity index is 1300. The van der Waals surface area contributed by atoms with Gasteiger partial charge in [0.05, 0.1) is 24.9 Å². The lowest BCUT2D eigenvalue weighted by molar-refractivity contribution is 0.0656. The number of methoxy groups -OCH3 is 1. The number of rotatable bonds is 6. The van der Waals surface area contributed by atoms with Crippen LogP contribution in [-0.4, -0.2) is 50.9 Å². The molecule has 1 aliphatic rings. The van der Waals surface area contributed by atoms with E-state index in [4.69, 9.17) is 13.7 Å². The van der Waals surface area contributed by atoms with Crippen molar-refractivity contribution in [2.24, 2.45) is 7.05 Å². The molecule has 1 aromatic carbocycles. The molecule has 176 valence electrons. The van der Waals surface area contributed by atoms with Crippen LogP contribution in [0.2, 0.25) is 0 Å². The summed E-state index contributed by atoms with van der Waals surface area (Å²) in [6.07, 6.45) is 6.05. The van der Waals surface area contributed by atoms with Crippen LogP contribution in [0.15, 0.2) is 51.7 Å². The standard InChI is InChI=1S/C25H27N5O4/c1-16-21(15-29(2)27-16)22-12-23(34-28-22)25(31)30-9-5-7-18(14-30)24-26-13-20(33-24)11-17-6-4-8-19(10-17)32-3/h4,6,8,10,12-13,15,18H,5,7,9,11,14H2,1-3H3/t18-/m0/s1. The van der Waals surface area contributed by atoms with E-state index in [1.54, 1.807) is 29.0 Å². The number of likely N-dealkylation sites (tertiary alicyclic amines) is 1. The van der Waals surface area contributed by atoms with Gasteiger partial charge in [0.25, 0.3) is 5.91 Å². The SMILES string of the molecule is COc1cccc(Cc2cnc([C@H]3CCCN(C(=O)c4cc(-c5cn(C)nc5C)no4)C3)o2)c1. The molecule has 5 rings (SSSR count). The van der Waals surface area contributed by atoms with Crippen molar-refractivity contribution in [1.29, 1.82) is 0 Å². The summed E-state index contributed by atoms with van der Waals surface area (Å²) >= 11 is 0. The molecule has 0 unspecified atom stereocenters. The molecular weight excluding hydrogens is 434 g/mol. The molecule has 0 saturated carbocycles. The summed E-state index contributed by atoms with van der Waals surface area (Å²) in [6.45, 7) is 3.09. The topological polar surface area (TPSA) is 99.4 Å². The molecule has 0 aliphatic carbocycles. The van der Waals surface area contributed by atoms with Crippen molar-refractivity contribution in [2.75, 3.05) is 20.2 Å². The Morgan fingerprint density at radius 1 is 1.29 bits per heavy atom. The Kier molecular flexibility index (Phi) is 5.91. The van der Waals surface area contributed by atoms with Gasteiger partial charge in [0.15, 0.2) is 5.89 Å². The molecule has 0 bridgehead atoms. The third-order valence-corrected chi connectivity index (χ3v) is 6.15. The first-order chi connectivity index (χ1) is 16.5. The van der Waals surface area contributed by atoms with Crippen molar-refractivity contribution in [3.8, 4) is 17.0 Å². The lowest BCUT2D eigenvalue weighted by Gasteiger charge is -2.30.